The van der Waals surface area contributed by atoms with Gasteiger partial charge in [-0.2, -0.15) is 5.10 Å². The van der Waals surface area contributed by atoms with E-state index in [4.69, 9.17) is 4.74 Å². The molecule has 0 saturated carbocycles. The van der Waals surface area contributed by atoms with Gasteiger partial charge in [-0.05, 0) is 98.3 Å². The fraction of sp³-hybridized carbons (Fsp3) is 0.0769. The monoisotopic (exact) mass is 662 g/mol. The smallest absolute Gasteiger partial charge is 0.275 e. The first-order chi connectivity index (χ1) is 15.9. The lowest BCUT2D eigenvalue weighted by Crippen LogP contribution is -2.17. The summed E-state index contributed by atoms with van der Waals surface area (Å²) in [5, 5.41) is 16.0. The number of halogens is 2. The molecule has 0 radical (unpaired) electrons. The molecular formula is C26H20I2N2O3. The maximum Gasteiger partial charge on any atom is 0.275 e. The zero-order chi connectivity index (χ0) is 23.4. The van der Waals surface area contributed by atoms with Gasteiger partial charge in [0.15, 0.2) is 0 Å². The third-order valence-corrected chi connectivity index (χ3v) is 6.58. The van der Waals surface area contributed by atoms with Crippen molar-refractivity contribution < 1.29 is 14.6 Å². The predicted octanol–water partition coefficient (Wildman–Crippen LogP) is 6.41. The molecule has 0 aliphatic rings. The SMILES string of the molecule is Cc1cccc(COc2c(I)cc(C=NNC(=O)c3cc4ccccc4cc3O)cc2I)c1. The minimum absolute atomic E-state index is 0.0828. The van der Waals surface area contributed by atoms with Gasteiger partial charge in [-0.1, -0.05) is 54.1 Å². The fourth-order valence-electron chi connectivity index (χ4n) is 3.39. The highest BCUT2D eigenvalue weighted by Crippen LogP contribution is 2.29. The maximum absolute atomic E-state index is 12.5. The van der Waals surface area contributed by atoms with Gasteiger partial charge in [0.05, 0.1) is 18.9 Å². The molecule has 0 heterocycles. The van der Waals surface area contributed by atoms with Crippen molar-refractivity contribution in [1.29, 1.82) is 0 Å². The Morgan fingerprint density at radius 3 is 2.39 bits per heavy atom. The molecule has 0 spiro atoms. The Balaban J connectivity index is 1.44. The number of nitrogens with one attached hydrogen (secondary N) is 1. The second-order valence-electron chi connectivity index (χ2n) is 7.51. The van der Waals surface area contributed by atoms with Crippen LogP contribution < -0.4 is 10.2 Å². The Kier molecular flexibility index (Phi) is 7.49. The number of hydrazone groups is 1. The molecule has 7 heteroatoms. The van der Waals surface area contributed by atoms with Crippen molar-refractivity contribution in [3.8, 4) is 11.5 Å². The van der Waals surface area contributed by atoms with Crippen LogP contribution in [0.15, 0.2) is 77.9 Å². The molecule has 4 aromatic rings. The van der Waals surface area contributed by atoms with Crippen LogP contribution in [0.3, 0.4) is 0 Å². The van der Waals surface area contributed by atoms with Crippen LogP contribution in [0.2, 0.25) is 0 Å². The van der Waals surface area contributed by atoms with Crippen LogP contribution in [0.4, 0.5) is 0 Å². The van der Waals surface area contributed by atoms with Crippen LogP contribution in [-0.2, 0) is 6.61 Å². The summed E-state index contributed by atoms with van der Waals surface area (Å²) >= 11 is 4.47. The summed E-state index contributed by atoms with van der Waals surface area (Å²) < 4.78 is 7.96. The highest BCUT2D eigenvalue weighted by molar-refractivity contribution is 14.1. The third kappa shape index (κ3) is 5.83. The van der Waals surface area contributed by atoms with E-state index >= 15 is 0 Å². The lowest BCUT2D eigenvalue weighted by Gasteiger charge is -2.12. The van der Waals surface area contributed by atoms with Crippen molar-refractivity contribution >= 4 is 68.1 Å². The number of fused-ring (bicyclic) bond motifs is 1. The molecule has 0 aliphatic heterocycles. The first kappa shape index (κ1) is 23.5. The van der Waals surface area contributed by atoms with Gasteiger partial charge >= 0.3 is 0 Å². The van der Waals surface area contributed by atoms with Gasteiger partial charge in [0.25, 0.3) is 5.91 Å². The van der Waals surface area contributed by atoms with E-state index in [9.17, 15) is 9.90 Å². The molecule has 166 valence electrons. The number of carbonyl (C=O) groups excluding carboxylic acids is 1. The number of hydrogen-bond donors (Lipinski definition) is 2. The highest BCUT2D eigenvalue weighted by Gasteiger charge is 2.12. The Hall–Kier alpha value is -2.66. The van der Waals surface area contributed by atoms with Crippen LogP contribution >= 0.6 is 45.2 Å². The molecule has 0 aliphatic carbocycles. The lowest BCUT2D eigenvalue weighted by molar-refractivity contribution is 0.0952. The number of aryl methyl sites for hydroxylation is 1. The number of benzene rings is 4. The Morgan fingerprint density at radius 2 is 1.70 bits per heavy atom. The normalized spacial score (nSPS) is 11.1. The first-order valence-electron chi connectivity index (χ1n) is 10.1. The topological polar surface area (TPSA) is 70.9 Å². The van der Waals surface area contributed by atoms with E-state index in [1.54, 1.807) is 18.3 Å². The lowest BCUT2D eigenvalue weighted by atomic mass is 10.1. The number of hydrogen-bond acceptors (Lipinski definition) is 4. The number of aromatic hydroxyl groups is 1. The number of carbonyl (C=O) groups is 1. The van der Waals surface area contributed by atoms with E-state index in [1.807, 2.05) is 48.5 Å². The number of ether oxygens (including phenoxy) is 1. The molecule has 4 aromatic carbocycles. The Morgan fingerprint density at radius 1 is 1.00 bits per heavy atom. The van der Waals surface area contributed by atoms with Crippen molar-refractivity contribution in [3.05, 3.63) is 102 Å². The number of rotatable bonds is 6. The van der Waals surface area contributed by atoms with Crippen LogP contribution in [0.1, 0.15) is 27.0 Å². The minimum Gasteiger partial charge on any atom is -0.507 e. The second kappa shape index (κ2) is 10.5. The fourth-order valence-corrected chi connectivity index (χ4v) is 5.51. The summed E-state index contributed by atoms with van der Waals surface area (Å²) in [4.78, 5) is 12.5. The number of nitrogens with zero attached hydrogens (tertiary/aromatic N) is 1. The summed E-state index contributed by atoms with van der Waals surface area (Å²) in [7, 11) is 0. The van der Waals surface area contributed by atoms with Crippen molar-refractivity contribution in [1.82, 2.24) is 5.43 Å². The summed E-state index contributed by atoms with van der Waals surface area (Å²) in [5.74, 6) is 0.262. The van der Waals surface area contributed by atoms with Crippen LogP contribution in [0.25, 0.3) is 10.8 Å². The molecule has 5 nitrogen and oxygen atoms in total. The molecule has 0 aromatic heterocycles. The van der Waals surface area contributed by atoms with Gasteiger partial charge in [0.1, 0.15) is 18.1 Å². The number of phenols is 1. The van der Waals surface area contributed by atoms with Gasteiger partial charge in [-0.3, -0.25) is 4.79 Å². The summed E-state index contributed by atoms with van der Waals surface area (Å²) in [5.41, 5.74) is 5.81. The van der Waals surface area contributed by atoms with Crippen molar-refractivity contribution in [3.63, 3.8) is 0 Å². The molecule has 33 heavy (non-hydrogen) atoms. The molecule has 2 N–H and O–H groups in total. The zero-order valence-corrected chi connectivity index (χ0v) is 22.0. The summed E-state index contributed by atoms with van der Waals surface area (Å²) in [6, 6.07) is 22.9. The molecule has 0 atom stereocenters. The van der Waals surface area contributed by atoms with Crippen molar-refractivity contribution in [2.45, 2.75) is 13.5 Å². The molecule has 0 saturated heterocycles. The summed E-state index contributed by atoms with van der Waals surface area (Å²) in [6.07, 6.45) is 1.57. The number of amides is 1. The first-order valence-corrected chi connectivity index (χ1v) is 12.3. The minimum atomic E-state index is -0.475. The quantitative estimate of drug-likeness (QED) is 0.143. The number of phenolic OH excluding ortho intramolecular Hbond substituents is 1. The predicted molar refractivity (Wildman–Crippen MR) is 148 cm³/mol. The van der Waals surface area contributed by atoms with Gasteiger partial charge < -0.3 is 9.84 Å². The molecular weight excluding hydrogens is 642 g/mol. The average molecular weight is 662 g/mol. The Bertz CT molecular complexity index is 1350. The van der Waals surface area contributed by atoms with E-state index in [0.717, 1.165) is 34.8 Å². The maximum atomic E-state index is 12.5. The van der Waals surface area contributed by atoms with E-state index in [0.29, 0.717) is 6.61 Å². The standard InChI is InChI=1S/C26H20I2N2O3/c1-16-5-4-6-17(9-16)15-33-25-22(27)10-18(11-23(25)28)14-29-30-26(32)21-12-19-7-2-3-8-20(19)13-24(21)31/h2-14,31H,15H2,1H3,(H,30,32). The molecule has 0 unspecified atom stereocenters. The second-order valence-corrected chi connectivity index (χ2v) is 9.83. The van der Waals surface area contributed by atoms with Crippen LogP contribution in [0.5, 0.6) is 11.5 Å². The average Bonchev–Trinajstić information content (AvgIpc) is 2.78. The van der Waals surface area contributed by atoms with Gasteiger partial charge in [0.2, 0.25) is 0 Å². The van der Waals surface area contributed by atoms with E-state index in [-0.39, 0.29) is 11.3 Å². The van der Waals surface area contributed by atoms with Crippen LogP contribution in [-0.4, -0.2) is 17.2 Å². The van der Waals surface area contributed by atoms with Crippen molar-refractivity contribution in [2.24, 2.45) is 5.10 Å². The van der Waals surface area contributed by atoms with Gasteiger partial charge in [-0.25, -0.2) is 5.43 Å². The largest absolute Gasteiger partial charge is 0.507 e. The third-order valence-electron chi connectivity index (χ3n) is 4.97. The van der Waals surface area contributed by atoms with Crippen molar-refractivity contribution in [2.75, 3.05) is 0 Å². The van der Waals surface area contributed by atoms with Crippen LogP contribution in [0, 0.1) is 14.1 Å². The van der Waals surface area contributed by atoms with Gasteiger partial charge in [0, 0.05) is 0 Å². The highest BCUT2D eigenvalue weighted by atomic mass is 127. The van der Waals surface area contributed by atoms with E-state index < -0.39 is 5.91 Å². The molecule has 0 bridgehead atoms. The summed E-state index contributed by atoms with van der Waals surface area (Å²) in [6.45, 7) is 2.55. The van der Waals surface area contributed by atoms with Gasteiger partial charge in [-0.15, -0.1) is 0 Å². The molecule has 0 fully saturated rings. The van der Waals surface area contributed by atoms with E-state index in [2.05, 4.69) is 74.8 Å². The molecule has 1 amide bonds. The Labute approximate surface area is 219 Å². The zero-order valence-electron chi connectivity index (χ0n) is 17.7. The molecule has 4 rings (SSSR count). The van der Waals surface area contributed by atoms with E-state index in [1.165, 1.54) is 5.56 Å².